The third-order valence-corrected chi connectivity index (χ3v) is 5.76. The minimum absolute atomic E-state index is 0.281. The van der Waals surface area contributed by atoms with Crippen LogP contribution in [0.5, 0.6) is 5.75 Å². The number of nitrogens with zero attached hydrogens (tertiary/aromatic N) is 1. The van der Waals surface area contributed by atoms with Gasteiger partial charge in [0.15, 0.2) is 0 Å². The van der Waals surface area contributed by atoms with Crippen molar-refractivity contribution in [2.24, 2.45) is 0 Å². The lowest BCUT2D eigenvalue weighted by molar-refractivity contribution is -0.119. The number of halogens is 1. The monoisotopic (exact) mass is 468 g/mol. The molecule has 1 N–H and O–H groups in total. The summed E-state index contributed by atoms with van der Waals surface area (Å²) < 4.78 is 31.5. The van der Waals surface area contributed by atoms with Crippen LogP contribution in [0.25, 0.3) is 0 Å². The molecule has 0 aromatic heterocycles. The number of hydrogen-bond donors (Lipinski definition) is 1. The van der Waals surface area contributed by atoms with Gasteiger partial charge < -0.3 is 10.1 Å². The van der Waals surface area contributed by atoms with E-state index in [9.17, 15) is 13.2 Å². The van der Waals surface area contributed by atoms with Crippen LogP contribution in [0.3, 0.4) is 0 Å². The highest BCUT2D eigenvalue weighted by molar-refractivity contribution is 9.10. The Bertz CT molecular complexity index is 885. The molecule has 6 nitrogen and oxygen atoms in total. The maximum Gasteiger partial charge on any atom is 0.240 e. The molecule has 2 aromatic rings. The number of nitrogens with one attached hydrogen (secondary N) is 1. The van der Waals surface area contributed by atoms with Crippen molar-refractivity contribution in [3.8, 4) is 5.75 Å². The number of benzene rings is 2. The van der Waals surface area contributed by atoms with E-state index >= 15 is 0 Å². The summed E-state index contributed by atoms with van der Waals surface area (Å²) in [6.45, 7) is 2.41. The van der Waals surface area contributed by atoms with Gasteiger partial charge in [-0.2, -0.15) is 0 Å². The molecule has 0 fully saturated rings. The van der Waals surface area contributed by atoms with E-state index in [1.54, 1.807) is 24.3 Å². The fourth-order valence-electron chi connectivity index (χ4n) is 2.62. The van der Waals surface area contributed by atoms with Gasteiger partial charge in [0.25, 0.3) is 0 Å². The highest BCUT2D eigenvalue weighted by Gasteiger charge is 2.22. The Hall–Kier alpha value is -2.06. The minimum Gasteiger partial charge on any atom is -0.492 e. The number of carbonyl (C=O) groups excluding carboxylic acids is 1. The molecule has 0 aliphatic carbocycles. The number of aryl methyl sites for hydroxylation is 1. The van der Waals surface area contributed by atoms with Crippen LogP contribution in [0.1, 0.15) is 18.9 Å². The molecule has 0 aliphatic rings. The molecule has 152 valence electrons. The fourth-order valence-corrected chi connectivity index (χ4v) is 4.11. The summed E-state index contributed by atoms with van der Waals surface area (Å²) in [6.07, 6.45) is 3.20. The molecule has 8 heteroatoms. The fraction of sp³-hybridized carbons (Fsp3) is 0.350. The molecular weight excluding hydrogens is 444 g/mol. The number of amides is 1. The van der Waals surface area contributed by atoms with Gasteiger partial charge in [-0.05, 0) is 52.2 Å². The van der Waals surface area contributed by atoms with E-state index < -0.39 is 15.9 Å². The van der Waals surface area contributed by atoms with Crippen molar-refractivity contribution in [1.82, 2.24) is 5.32 Å². The SMILES string of the molecule is CCCc1ccc(OCCNC(=O)CN(c2ccccc2Br)S(C)(=O)=O)cc1. The molecule has 0 saturated heterocycles. The van der Waals surface area contributed by atoms with Crippen LogP contribution in [0.15, 0.2) is 53.0 Å². The number of ether oxygens (including phenoxy) is 1. The van der Waals surface area contributed by atoms with Crippen LogP contribution in [-0.4, -0.2) is 40.3 Å². The van der Waals surface area contributed by atoms with E-state index in [0.717, 1.165) is 29.2 Å². The summed E-state index contributed by atoms with van der Waals surface area (Å²) in [5, 5.41) is 2.69. The van der Waals surface area contributed by atoms with Gasteiger partial charge in [0.05, 0.1) is 18.5 Å². The standard InChI is InChI=1S/C20H25BrN2O4S/c1-3-6-16-9-11-17(12-10-16)27-14-13-22-20(24)15-23(28(2,25)26)19-8-5-4-7-18(19)21/h4-5,7-12H,3,6,13-15H2,1-2H3,(H,22,24). The lowest BCUT2D eigenvalue weighted by atomic mass is 10.1. The Morgan fingerprint density at radius 2 is 1.82 bits per heavy atom. The van der Waals surface area contributed by atoms with Gasteiger partial charge in [0.2, 0.25) is 15.9 Å². The van der Waals surface area contributed by atoms with Crippen LogP contribution >= 0.6 is 15.9 Å². The van der Waals surface area contributed by atoms with Crippen molar-refractivity contribution in [1.29, 1.82) is 0 Å². The number of sulfonamides is 1. The van der Waals surface area contributed by atoms with Crippen molar-refractivity contribution >= 4 is 37.5 Å². The number of carbonyl (C=O) groups is 1. The first-order valence-corrected chi connectivity index (χ1v) is 11.7. The van der Waals surface area contributed by atoms with Gasteiger partial charge in [-0.3, -0.25) is 9.10 Å². The Labute approximate surface area is 175 Å². The largest absolute Gasteiger partial charge is 0.492 e. The number of rotatable bonds is 10. The van der Waals surface area contributed by atoms with Crippen LogP contribution < -0.4 is 14.4 Å². The predicted octanol–water partition coefficient (Wildman–Crippen LogP) is 3.36. The minimum atomic E-state index is -3.61. The third-order valence-electron chi connectivity index (χ3n) is 3.96. The molecule has 0 spiro atoms. The summed E-state index contributed by atoms with van der Waals surface area (Å²) >= 11 is 3.33. The van der Waals surface area contributed by atoms with Gasteiger partial charge in [-0.15, -0.1) is 0 Å². The Balaban J connectivity index is 1.85. The van der Waals surface area contributed by atoms with Gasteiger partial charge in [0.1, 0.15) is 18.9 Å². The van der Waals surface area contributed by atoms with Crippen molar-refractivity contribution in [2.75, 3.05) is 30.3 Å². The van der Waals surface area contributed by atoms with E-state index in [1.165, 1.54) is 5.56 Å². The van der Waals surface area contributed by atoms with Crippen LogP contribution in [-0.2, 0) is 21.2 Å². The Morgan fingerprint density at radius 1 is 1.14 bits per heavy atom. The van der Waals surface area contributed by atoms with Crippen LogP contribution in [0.2, 0.25) is 0 Å². The Kier molecular flexibility index (Phi) is 8.32. The first-order valence-electron chi connectivity index (χ1n) is 9.02. The van der Waals surface area contributed by atoms with E-state index in [2.05, 4.69) is 28.2 Å². The zero-order chi connectivity index (χ0) is 20.6. The molecular formula is C20H25BrN2O4S. The maximum absolute atomic E-state index is 12.2. The Morgan fingerprint density at radius 3 is 2.43 bits per heavy atom. The zero-order valence-corrected chi connectivity index (χ0v) is 18.4. The maximum atomic E-state index is 12.2. The van der Waals surface area contributed by atoms with E-state index in [4.69, 9.17) is 4.74 Å². The molecule has 0 radical (unpaired) electrons. The first-order chi connectivity index (χ1) is 13.3. The van der Waals surface area contributed by atoms with Crippen molar-refractivity contribution in [3.63, 3.8) is 0 Å². The summed E-state index contributed by atoms with van der Waals surface area (Å²) in [5.74, 6) is 0.336. The van der Waals surface area contributed by atoms with E-state index in [0.29, 0.717) is 16.8 Å². The van der Waals surface area contributed by atoms with Crippen molar-refractivity contribution < 1.29 is 17.9 Å². The molecule has 0 atom stereocenters. The zero-order valence-electron chi connectivity index (χ0n) is 16.0. The third kappa shape index (κ3) is 6.83. The normalized spacial score (nSPS) is 11.1. The summed E-state index contributed by atoms with van der Waals surface area (Å²) in [7, 11) is -3.61. The molecule has 28 heavy (non-hydrogen) atoms. The first kappa shape index (κ1) is 22.2. The lowest BCUT2D eigenvalue weighted by Crippen LogP contribution is -2.41. The van der Waals surface area contributed by atoms with Crippen LogP contribution in [0.4, 0.5) is 5.69 Å². The molecule has 2 aromatic carbocycles. The second-order valence-electron chi connectivity index (χ2n) is 6.31. The number of para-hydroxylation sites is 1. The quantitative estimate of drug-likeness (QED) is 0.542. The topological polar surface area (TPSA) is 75.7 Å². The van der Waals surface area contributed by atoms with Crippen molar-refractivity contribution in [3.05, 3.63) is 58.6 Å². The average molecular weight is 469 g/mol. The second kappa shape index (κ2) is 10.5. The van der Waals surface area contributed by atoms with Crippen molar-refractivity contribution in [2.45, 2.75) is 19.8 Å². The molecule has 0 bridgehead atoms. The second-order valence-corrected chi connectivity index (χ2v) is 9.07. The molecule has 1 amide bonds. The molecule has 0 heterocycles. The van der Waals surface area contributed by atoms with E-state index in [-0.39, 0.29) is 13.1 Å². The molecule has 2 rings (SSSR count). The molecule has 0 saturated carbocycles. The lowest BCUT2D eigenvalue weighted by Gasteiger charge is -2.23. The highest BCUT2D eigenvalue weighted by atomic mass is 79.9. The van der Waals surface area contributed by atoms with Gasteiger partial charge >= 0.3 is 0 Å². The summed E-state index contributed by atoms with van der Waals surface area (Å²) in [6, 6.07) is 14.7. The molecule has 0 aliphatic heterocycles. The average Bonchev–Trinajstić information content (AvgIpc) is 2.65. The highest BCUT2D eigenvalue weighted by Crippen LogP contribution is 2.27. The van der Waals surface area contributed by atoms with E-state index in [1.807, 2.05) is 24.3 Å². The number of anilines is 1. The summed E-state index contributed by atoms with van der Waals surface area (Å²) in [4.78, 5) is 12.2. The smallest absolute Gasteiger partial charge is 0.240 e. The summed E-state index contributed by atoms with van der Waals surface area (Å²) in [5.41, 5.74) is 1.68. The van der Waals surface area contributed by atoms with Gasteiger partial charge in [-0.1, -0.05) is 37.6 Å². The van der Waals surface area contributed by atoms with Gasteiger partial charge in [-0.25, -0.2) is 8.42 Å². The van der Waals surface area contributed by atoms with Crippen LogP contribution in [0, 0.1) is 0 Å². The van der Waals surface area contributed by atoms with Gasteiger partial charge in [0, 0.05) is 4.47 Å². The number of hydrogen-bond acceptors (Lipinski definition) is 4. The predicted molar refractivity (Wildman–Crippen MR) is 115 cm³/mol. The molecule has 0 unspecified atom stereocenters.